The lowest BCUT2D eigenvalue weighted by Gasteiger charge is -2.13. The Labute approximate surface area is 86.8 Å². The number of hydrogen-bond donors (Lipinski definition) is 1. The lowest BCUT2D eigenvalue weighted by atomic mass is 10.0. The summed E-state index contributed by atoms with van der Waals surface area (Å²) in [5.41, 5.74) is 2.54. The summed E-state index contributed by atoms with van der Waals surface area (Å²) in [5.74, 6) is 0.579. The summed E-state index contributed by atoms with van der Waals surface area (Å²) in [6.07, 6.45) is 1.90. The van der Waals surface area contributed by atoms with Crippen LogP contribution in [0.2, 0.25) is 0 Å². The third-order valence-corrected chi connectivity index (χ3v) is 2.30. The first-order chi connectivity index (χ1) is 6.63. The minimum absolute atomic E-state index is 0.317. The van der Waals surface area contributed by atoms with Gasteiger partial charge in [-0.25, -0.2) is 0 Å². The molecule has 0 aromatic heterocycles. The average molecular weight is 189 g/mol. The highest BCUT2D eigenvalue weighted by atomic mass is 14.9. The summed E-state index contributed by atoms with van der Waals surface area (Å²) < 4.78 is 0. The molecule has 1 aromatic rings. The summed E-state index contributed by atoms with van der Waals surface area (Å²) in [6, 6.07) is 8.86. The van der Waals surface area contributed by atoms with E-state index in [1.807, 2.05) is 6.08 Å². The number of hydrogen-bond acceptors (Lipinski definition) is 1. The minimum atomic E-state index is 0.317. The smallest absolute Gasteiger partial charge is 0.0413 e. The van der Waals surface area contributed by atoms with Gasteiger partial charge in [-0.3, -0.25) is 0 Å². The van der Waals surface area contributed by atoms with E-state index in [4.69, 9.17) is 0 Å². The second-order valence-corrected chi connectivity index (χ2v) is 3.95. The third-order valence-electron chi connectivity index (χ3n) is 2.30. The first-order valence-corrected chi connectivity index (χ1v) is 5.12. The molecule has 0 aliphatic rings. The normalized spacial score (nSPS) is 12.6. The molecule has 1 aromatic carbocycles. The average Bonchev–Trinajstić information content (AvgIpc) is 2.18. The van der Waals surface area contributed by atoms with Crippen molar-refractivity contribution in [2.24, 2.45) is 0 Å². The van der Waals surface area contributed by atoms with E-state index in [1.165, 1.54) is 11.3 Å². The molecule has 1 rings (SSSR count). The highest BCUT2D eigenvalue weighted by Gasteiger charge is 2.01. The SMILES string of the molecule is C=CC(C)Nc1cccc(C(C)C)c1. The molecule has 1 atom stereocenters. The number of benzene rings is 1. The van der Waals surface area contributed by atoms with Crippen LogP contribution in [0.3, 0.4) is 0 Å². The molecule has 0 radical (unpaired) electrons. The van der Waals surface area contributed by atoms with E-state index >= 15 is 0 Å². The van der Waals surface area contributed by atoms with E-state index in [2.05, 4.69) is 56.9 Å². The largest absolute Gasteiger partial charge is 0.379 e. The van der Waals surface area contributed by atoms with E-state index in [1.54, 1.807) is 0 Å². The minimum Gasteiger partial charge on any atom is -0.379 e. The molecule has 0 aliphatic heterocycles. The molecule has 0 aliphatic carbocycles. The van der Waals surface area contributed by atoms with Crippen molar-refractivity contribution in [2.45, 2.75) is 32.7 Å². The van der Waals surface area contributed by atoms with Crippen LogP contribution < -0.4 is 5.32 Å². The van der Waals surface area contributed by atoms with Crippen LogP contribution in [0.4, 0.5) is 5.69 Å². The van der Waals surface area contributed by atoms with Crippen LogP contribution in [0.25, 0.3) is 0 Å². The zero-order valence-electron chi connectivity index (χ0n) is 9.25. The Morgan fingerprint density at radius 2 is 2.00 bits per heavy atom. The lowest BCUT2D eigenvalue weighted by molar-refractivity contribution is 0.865. The van der Waals surface area contributed by atoms with Gasteiger partial charge in [-0.1, -0.05) is 32.1 Å². The van der Waals surface area contributed by atoms with Gasteiger partial charge < -0.3 is 5.32 Å². The summed E-state index contributed by atoms with van der Waals surface area (Å²) in [6.45, 7) is 10.3. The predicted octanol–water partition coefficient (Wildman–Crippen LogP) is 3.80. The van der Waals surface area contributed by atoms with Crippen LogP contribution in [0.1, 0.15) is 32.3 Å². The molecule has 0 saturated heterocycles. The molecule has 76 valence electrons. The van der Waals surface area contributed by atoms with Gasteiger partial charge in [-0.15, -0.1) is 6.58 Å². The zero-order chi connectivity index (χ0) is 10.6. The summed E-state index contributed by atoms with van der Waals surface area (Å²) in [7, 11) is 0. The molecule has 0 spiro atoms. The Bertz CT molecular complexity index is 302. The van der Waals surface area contributed by atoms with Crippen LogP contribution >= 0.6 is 0 Å². The molecular weight excluding hydrogens is 170 g/mol. The first kappa shape index (κ1) is 10.8. The molecule has 14 heavy (non-hydrogen) atoms. The molecule has 0 saturated carbocycles. The highest BCUT2D eigenvalue weighted by molar-refractivity contribution is 5.47. The van der Waals surface area contributed by atoms with Gasteiger partial charge in [0.25, 0.3) is 0 Å². The molecule has 0 fully saturated rings. The van der Waals surface area contributed by atoms with Crippen molar-refractivity contribution in [3.8, 4) is 0 Å². The van der Waals surface area contributed by atoms with Gasteiger partial charge in [0.1, 0.15) is 0 Å². The standard InChI is InChI=1S/C13H19N/c1-5-11(4)14-13-8-6-7-12(9-13)10(2)3/h5-11,14H,1H2,2-4H3. The summed E-state index contributed by atoms with van der Waals surface area (Å²) in [5, 5.41) is 3.37. The molecule has 1 unspecified atom stereocenters. The van der Waals surface area contributed by atoms with Crippen LogP contribution in [0, 0.1) is 0 Å². The number of nitrogens with one attached hydrogen (secondary N) is 1. The maximum atomic E-state index is 3.75. The lowest BCUT2D eigenvalue weighted by Crippen LogP contribution is -2.11. The Hall–Kier alpha value is -1.24. The molecule has 1 nitrogen and oxygen atoms in total. The highest BCUT2D eigenvalue weighted by Crippen LogP contribution is 2.18. The molecule has 1 heteroatoms. The Morgan fingerprint density at radius 3 is 2.57 bits per heavy atom. The van der Waals surface area contributed by atoms with Crippen LogP contribution in [-0.4, -0.2) is 6.04 Å². The zero-order valence-corrected chi connectivity index (χ0v) is 9.25. The second-order valence-electron chi connectivity index (χ2n) is 3.95. The predicted molar refractivity (Wildman–Crippen MR) is 63.8 cm³/mol. The Kier molecular flexibility index (Phi) is 3.75. The van der Waals surface area contributed by atoms with E-state index in [0.717, 1.165) is 0 Å². The second kappa shape index (κ2) is 4.85. The molecule has 0 heterocycles. The molecule has 0 amide bonds. The number of rotatable bonds is 4. The van der Waals surface area contributed by atoms with Gasteiger partial charge in [0.2, 0.25) is 0 Å². The fourth-order valence-electron chi connectivity index (χ4n) is 1.31. The first-order valence-electron chi connectivity index (χ1n) is 5.12. The van der Waals surface area contributed by atoms with Gasteiger partial charge in [0, 0.05) is 11.7 Å². The Morgan fingerprint density at radius 1 is 1.29 bits per heavy atom. The fraction of sp³-hybridized carbons (Fsp3) is 0.385. The van der Waals surface area contributed by atoms with Gasteiger partial charge in [0.15, 0.2) is 0 Å². The fourth-order valence-corrected chi connectivity index (χ4v) is 1.31. The maximum Gasteiger partial charge on any atom is 0.0413 e. The van der Waals surface area contributed by atoms with Crippen LogP contribution in [0.15, 0.2) is 36.9 Å². The van der Waals surface area contributed by atoms with E-state index in [0.29, 0.717) is 12.0 Å². The molecule has 0 bridgehead atoms. The van der Waals surface area contributed by atoms with Crippen molar-refractivity contribution in [2.75, 3.05) is 5.32 Å². The Balaban J connectivity index is 2.78. The van der Waals surface area contributed by atoms with E-state index in [-0.39, 0.29) is 0 Å². The summed E-state index contributed by atoms with van der Waals surface area (Å²) >= 11 is 0. The van der Waals surface area contributed by atoms with E-state index < -0.39 is 0 Å². The van der Waals surface area contributed by atoms with Crippen molar-refractivity contribution in [3.63, 3.8) is 0 Å². The van der Waals surface area contributed by atoms with Crippen molar-refractivity contribution < 1.29 is 0 Å². The monoisotopic (exact) mass is 189 g/mol. The van der Waals surface area contributed by atoms with Crippen LogP contribution in [-0.2, 0) is 0 Å². The van der Waals surface area contributed by atoms with Gasteiger partial charge in [-0.2, -0.15) is 0 Å². The maximum absolute atomic E-state index is 3.75. The third kappa shape index (κ3) is 2.91. The van der Waals surface area contributed by atoms with Gasteiger partial charge >= 0.3 is 0 Å². The number of anilines is 1. The molecule has 1 N–H and O–H groups in total. The topological polar surface area (TPSA) is 12.0 Å². The van der Waals surface area contributed by atoms with Gasteiger partial charge in [-0.05, 0) is 30.5 Å². The van der Waals surface area contributed by atoms with Gasteiger partial charge in [0.05, 0.1) is 0 Å². The quantitative estimate of drug-likeness (QED) is 0.710. The van der Waals surface area contributed by atoms with Crippen molar-refractivity contribution in [3.05, 3.63) is 42.5 Å². The van der Waals surface area contributed by atoms with Crippen molar-refractivity contribution >= 4 is 5.69 Å². The van der Waals surface area contributed by atoms with E-state index in [9.17, 15) is 0 Å². The van der Waals surface area contributed by atoms with Crippen LogP contribution in [0.5, 0.6) is 0 Å². The molecular formula is C13H19N. The van der Waals surface area contributed by atoms with Crippen molar-refractivity contribution in [1.82, 2.24) is 0 Å². The van der Waals surface area contributed by atoms with Crippen molar-refractivity contribution in [1.29, 1.82) is 0 Å². The summed E-state index contributed by atoms with van der Waals surface area (Å²) in [4.78, 5) is 0.